The quantitative estimate of drug-likeness (QED) is 0.826. The van der Waals surface area contributed by atoms with Crippen molar-refractivity contribution in [1.29, 1.82) is 0 Å². The molecule has 2 rings (SSSR count). The highest BCUT2D eigenvalue weighted by atomic mass is 16.5. The van der Waals surface area contributed by atoms with Gasteiger partial charge in [0.25, 0.3) is 0 Å². The third-order valence-electron chi connectivity index (χ3n) is 2.95. The Morgan fingerprint density at radius 1 is 1.67 bits per heavy atom. The summed E-state index contributed by atoms with van der Waals surface area (Å²) >= 11 is 0. The van der Waals surface area contributed by atoms with E-state index in [1.807, 2.05) is 0 Å². The molecule has 0 bridgehead atoms. The fourth-order valence-electron chi connectivity index (χ4n) is 2.30. The van der Waals surface area contributed by atoms with E-state index in [1.54, 1.807) is 13.4 Å². The predicted molar refractivity (Wildman–Crippen MR) is 58.9 cm³/mol. The molecule has 3 heteroatoms. The molecule has 1 aromatic heterocycles. The summed E-state index contributed by atoms with van der Waals surface area (Å²) in [6, 6.07) is 2.92. The number of hydrogen-bond acceptors (Lipinski definition) is 3. The van der Waals surface area contributed by atoms with E-state index in [9.17, 15) is 0 Å². The molecular formula is C12H19NO2. The summed E-state index contributed by atoms with van der Waals surface area (Å²) in [5.74, 6) is 1.16. The molecule has 15 heavy (non-hydrogen) atoms. The highest BCUT2D eigenvalue weighted by molar-refractivity contribution is 5.24. The molecule has 1 aromatic rings. The topological polar surface area (TPSA) is 34.4 Å². The Hall–Kier alpha value is -0.800. The van der Waals surface area contributed by atoms with Crippen LogP contribution in [0.2, 0.25) is 0 Å². The molecule has 1 N–H and O–H groups in total. The molecule has 0 radical (unpaired) electrons. The van der Waals surface area contributed by atoms with Crippen LogP contribution in [0.15, 0.2) is 16.7 Å². The Morgan fingerprint density at radius 3 is 3.33 bits per heavy atom. The van der Waals surface area contributed by atoms with Gasteiger partial charge in [-0.2, -0.15) is 0 Å². The molecule has 0 unspecified atom stereocenters. The van der Waals surface area contributed by atoms with Crippen LogP contribution in [-0.4, -0.2) is 19.8 Å². The number of ether oxygens (including phenoxy) is 1. The first-order valence-corrected chi connectivity index (χ1v) is 5.62. The zero-order valence-electron chi connectivity index (χ0n) is 9.45. The Bertz CT molecular complexity index is 308. The number of hydrogen-bond donors (Lipinski definition) is 1. The molecular weight excluding hydrogens is 190 g/mol. The van der Waals surface area contributed by atoms with Gasteiger partial charge in [0.05, 0.1) is 12.9 Å². The molecule has 0 saturated carbocycles. The minimum Gasteiger partial charge on any atom is -0.469 e. The van der Waals surface area contributed by atoms with Crippen molar-refractivity contribution in [1.82, 2.24) is 5.32 Å². The highest BCUT2D eigenvalue weighted by Gasteiger charge is 2.23. The lowest BCUT2D eigenvalue weighted by Gasteiger charge is -2.26. The van der Waals surface area contributed by atoms with Crippen molar-refractivity contribution >= 4 is 0 Å². The molecule has 0 spiro atoms. The van der Waals surface area contributed by atoms with Crippen LogP contribution >= 0.6 is 0 Å². The Balaban J connectivity index is 2.00. The predicted octanol–water partition coefficient (Wildman–Crippen LogP) is 2.28. The van der Waals surface area contributed by atoms with Gasteiger partial charge >= 0.3 is 0 Å². The molecule has 0 amide bonds. The van der Waals surface area contributed by atoms with E-state index in [1.165, 1.54) is 18.4 Å². The summed E-state index contributed by atoms with van der Waals surface area (Å²) in [6.07, 6.45) is 5.28. The third-order valence-corrected chi connectivity index (χ3v) is 2.95. The van der Waals surface area contributed by atoms with Crippen LogP contribution in [0.4, 0.5) is 0 Å². The van der Waals surface area contributed by atoms with Crippen LogP contribution in [0.5, 0.6) is 0 Å². The van der Waals surface area contributed by atoms with Gasteiger partial charge in [-0.1, -0.05) is 0 Å². The van der Waals surface area contributed by atoms with Crippen LogP contribution in [0.1, 0.15) is 37.1 Å². The maximum atomic E-state index is 5.46. The maximum absolute atomic E-state index is 5.46. The fourth-order valence-corrected chi connectivity index (χ4v) is 2.30. The highest BCUT2D eigenvalue weighted by Crippen LogP contribution is 2.30. The van der Waals surface area contributed by atoms with Crippen LogP contribution in [0, 0.1) is 0 Å². The summed E-state index contributed by atoms with van der Waals surface area (Å²) in [4.78, 5) is 0. The summed E-state index contributed by atoms with van der Waals surface area (Å²) in [5.41, 5.74) is 1.34. The molecule has 84 valence electrons. The van der Waals surface area contributed by atoms with Crippen molar-refractivity contribution in [2.75, 3.05) is 13.7 Å². The first kappa shape index (κ1) is 10.7. The summed E-state index contributed by atoms with van der Waals surface area (Å²) in [6.45, 7) is 2.90. The van der Waals surface area contributed by atoms with Crippen molar-refractivity contribution in [2.24, 2.45) is 0 Å². The third kappa shape index (κ3) is 2.41. The van der Waals surface area contributed by atoms with Gasteiger partial charge in [-0.3, -0.25) is 0 Å². The van der Waals surface area contributed by atoms with Gasteiger partial charge in [-0.25, -0.2) is 0 Å². The number of methoxy groups -OCH3 is 1. The zero-order valence-corrected chi connectivity index (χ0v) is 9.45. The van der Waals surface area contributed by atoms with Gasteiger partial charge in [-0.05, 0) is 25.8 Å². The molecule has 3 nitrogen and oxygen atoms in total. The largest absolute Gasteiger partial charge is 0.469 e. The van der Waals surface area contributed by atoms with Gasteiger partial charge in [0.1, 0.15) is 5.76 Å². The molecule has 1 aliphatic carbocycles. The van der Waals surface area contributed by atoms with Gasteiger partial charge in [0.2, 0.25) is 0 Å². The Kier molecular flexibility index (Phi) is 3.44. The van der Waals surface area contributed by atoms with Crippen LogP contribution < -0.4 is 5.32 Å². The number of furan rings is 1. The second-order valence-electron chi connectivity index (χ2n) is 4.27. The summed E-state index contributed by atoms with van der Waals surface area (Å²) in [5, 5.41) is 3.58. The average molecular weight is 209 g/mol. The lowest BCUT2D eigenvalue weighted by atomic mass is 9.93. The van der Waals surface area contributed by atoms with E-state index in [4.69, 9.17) is 9.15 Å². The second kappa shape index (κ2) is 4.81. The van der Waals surface area contributed by atoms with Gasteiger partial charge < -0.3 is 14.5 Å². The molecule has 0 aromatic carbocycles. The number of rotatable bonds is 4. The van der Waals surface area contributed by atoms with Gasteiger partial charge in [0.15, 0.2) is 0 Å². The van der Waals surface area contributed by atoms with E-state index in [0.29, 0.717) is 12.1 Å². The van der Waals surface area contributed by atoms with Crippen molar-refractivity contribution in [2.45, 2.75) is 38.3 Å². The van der Waals surface area contributed by atoms with Crippen molar-refractivity contribution in [3.05, 3.63) is 23.7 Å². The maximum Gasteiger partial charge on any atom is 0.108 e. The molecule has 0 fully saturated rings. The average Bonchev–Trinajstić information content (AvgIpc) is 2.67. The molecule has 2 atom stereocenters. The van der Waals surface area contributed by atoms with Crippen molar-refractivity contribution in [3.8, 4) is 0 Å². The van der Waals surface area contributed by atoms with E-state index in [2.05, 4.69) is 18.3 Å². The van der Waals surface area contributed by atoms with Gasteiger partial charge in [0, 0.05) is 31.2 Å². The summed E-state index contributed by atoms with van der Waals surface area (Å²) < 4.78 is 10.6. The fraction of sp³-hybridized carbons (Fsp3) is 0.667. The lowest BCUT2D eigenvalue weighted by molar-refractivity contribution is 0.164. The summed E-state index contributed by atoms with van der Waals surface area (Å²) in [7, 11) is 1.74. The van der Waals surface area contributed by atoms with Crippen LogP contribution in [-0.2, 0) is 11.2 Å². The van der Waals surface area contributed by atoms with Crippen molar-refractivity contribution < 1.29 is 9.15 Å². The lowest BCUT2D eigenvalue weighted by Crippen LogP contribution is -2.35. The standard InChI is InChI=1S/C12H19NO2/c1-9(8-14-2)13-11-4-3-5-12-10(11)6-7-15-12/h6-7,9,11,13H,3-5,8H2,1-2H3/t9-,11-/m1/s1. The minimum absolute atomic E-state index is 0.390. The molecule has 0 aliphatic heterocycles. The zero-order chi connectivity index (χ0) is 10.7. The Morgan fingerprint density at radius 2 is 2.53 bits per heavy atom. The Labute approximate surface area is 90.8 Å². The van der Waals surface area contributed by atoms with E-state index in [-0.39, 0.29) is 0 Å². The van der Waals surface area contributed by atoms with E-state index in [0.717, 1.165) is 18.8 Å². The number of aryl methyl sites for hydroxylation is 1. The van der Waals surface area contributed by atoms with Gasteiger partial charge in [-0.15, -0.1) is 0 Å². The van der Waals surface area contributed by atoms with Crippen LogP contribution in [0.25, 0.3) is 0 Å². The normalized spacial score (nSPS) is 22.4. The minimum atomic E-state index is 0.390. The van der Waals surface area contributed by atoms with Crippen molar-refractivity contribution in [3.63, 3.8) is 0 Å². The number of fused-ring (bicyclic) bond motifs is 1. The second-order valence-corrected chi connectivity index (χ2v) is 4.27. The monoisotopic (exact) mass is 209 g/mol. The first-order chi connectivity index (χ1) is 7.31. The SMILES string of the molecule is COC[C@@H](C)N[C@@H]1CCCc2occc21. The first-order valence-electron chi connectivity index (χ1n) is 5.62. The van der Waals surface area contributed by atoms with E-state index >= 15 is 0 Å². The number of nitrogens with one attached hydrogen (secondary N) is 1. The van der Waals surface area contributed by atoms with Crippen LogP contribution in [0.3, 0.4) is 0 Å². The van der Waals surface area contributed by atoms with E-state index < -0.39 is 0 Å². The molecule has 1 aliphatic rings. The molecule has 0 saturated heterocycles. The molecule has 1 heterocycles. The smallest absolute Gasteiger partial charge is 0.108 e.